The van der Waals surface area contributed by atoms with Crippen molar-refractivity contribution in [2.75, 3.05) is 45.3 Å². The number of carbonyl (C=O) groups excluding carboxylic acids is 1. The van der Waals surface area contributed by atoms with Crippen molar-refractivity contribution in [3.05, 3.63) is 48.8 Å². The Hall–Kier alpha value is -3.55. The molecule has 2 heterocycles. The van der Waals surface area contributed by atoms with Gasteiger partial charge in [-0.25, -0.2) is 13.1 Å². The molecule has 13 heteroatoms. The van der Waals surface area contributed by atoms with E-state index in [0.29, 0.717) is 30.3 Å². The van der Waals surface area contributed by atoms with Gasteiger partial charge in [-0.05, 0) is 40.8 Å². The van der Waals surface area contributed by atoms with Gasteiger partial charge < -0.3 is 19.5 Å². The predicted octanol–water partition coefficient (Wildman–Crippen LogP) is 0.709. The number of benzene rings is 2. The van der Waals surface area contributed by atoms with Gasteiger partial charge in [0, 0.05) is 24.8 Å². The van der Waals surface area contributed by atoms with Crippen LogP contribution in [0.3, 0.4) is 0 Å². The number of rotatable bonds is 8. The van der Waals surface area contributed by atoms with Crippen molar-refractivity contribution in [3.8, 4) is 17.2 Å². The fourth-order valence-electron chi connectivity index (χ4n) is 3.22. The van der Waals surface area contributed by atoms with Crippen LogP contribution in [-0.2, 0) is 19.6 Å². The molecule has 4 rings (SSSR count). The average molecular weight is 474 g/mol. The standard InChI is InChI=1S/C20H22N6O6S/c1-30-18-6-5-15(11-19(18)33(28,29)25-7-9-31-10-8-25)22-20(27)13-32-17-4-2-3-16(12-17)26-14-21-23-24-26/h2-6,11-12,14H,7-10,13H2,1H3,(H,22,27). The van der Waals surface area contributed by atoms with Gasteiger partial charge in [0.1, 0.15) is 22.7 Å². The number of carbonyl (C=O) groups is 1. The highest BCUT2D eigenvalue weighted by Gasteiger charge is 2.29. The third-order valence-corrected chi connectivity index (χ3v) is 6.76. The zero-order valence-corrected chi connectivity index (χ0v) is 18.6. The average Bonchev–Trinajstić information content (AvgIpc) is 3.39. The Morgan fingerprint density at radius 1 is 1.18 bits per heavy atom. The van der Waals surface area contributed by atoms with E-state index in [-0.39, 0.29) is 30.3 Å². The van der Waals surface area contributed by atoms with Crippen molar-refractivity contribution >= 4 is 21.6 Å². The van der Waals surface area contributed by atoms with Crippen molar-refractivity contribution in [2.45, 2.75) is 4.90 Å². The van der Waals surface area contributed by atoms with Crippen LogP contribution in [0.5, 0.6) is 11.5 Å². The molecule has 0 bridgehead atoms. The summed E-state index contributed by atoms with van der Waals surface area (Å²) in [6.45, 7) is 0.865. The molecule has 0 atom stereocenters. The Balaban J connectivity index is 1.44. The molecule has 3 aromatic rings. The van der Waals surface area contributed by atoms with Crippen LogP contribution in [0.1, 0.15) is 0 Å². The second-order valence-electron chi connectivity index (χ2n) is 6.97. The lowest BCUT2D eigenvalue weighted by Gasteiger charge is -2.26. The Morgan fingerprint density at radius 2 is 2.00 bits per heavy atom. The number of amides is 1. The lowest BCUT2D eigenvalue weighted by Crippen LogP contribution is -2.40. The highest BCUT2D eigenvalue weighted by atomic mass is 32.2. The number of ether oxygens (including phenoxy) is 3. The molecule has 174 valence electrons. The molecule has 1 aliphatic heterocycles. The number of hydrogen-bond acceptors (Lipinski definition) is 9. The van der Waals surface area contributed by atoms with Crippen LogP contribution >= 0.6 is 0 Å². The van der Waals surface area contributed by atoms with Gasteiger partial charge in [0.15, 0.2) is 6.61 Å². The van der Waals surface area contributed by atoms with Crippen molar-refractivity contribution in [1.29, 1.82) is 0 Å². The van der Waals surface area contributed by atoms with E-state index in [2.05, 4.69) is 20.8 Å². The van der Waals surface area contributed by atoms with Gasteiger partial charge in [-0.2, -0.15) is 4.31 Å². The summed E-state index contributed by atoms with van der Waals surface area (Å²) >= 11 is 0. The molecule has 0 unspecified atom stereocenters. The molecule has 1 N–H and O–H groups in total. The van der Waals surface area contributed by atoms with E-state index >= 15 is 0 Å². The summed E-state index contributed by atoms with van der Waals surface area (Å²) in [5.74, 6) is 0.182. The second-order valence-corrected chi connectivity index (χ2v) is 8.88. The Bertz CT molecular complexity index is 1210. The zero-order valence-electron chi connectivity index (χ0n) is 17.7. The van der Waals surface area contributed by atoms with E-state index < -0.39 is 15.9 Å². The van der Waals surface area contributed by atoms with Crippen molar-refractivity contribution < 1.29 is 27.4 Å². The highest BCUT2D eigenvalue weighted by molar-refractivity contribution is 7.89. The summed E-state index contributed by atoms with van der Waals surface area (Å²) in [5.41, 5.74) is 0.977. The molecule has 1 aliphatic rings. The van der Waals surface area contributed by atoms with Gasteiger partial charge in [0.25, 0.3) is 5.91 Å². The van der Waals surface area contributed by atoms with Crippen LogP contribution in [-0.4, -0.2) is 78.9 Å². The minimum Gasteiger partial charge on any atom is -0.495 e. The van der Waals surface area contributed by atoms with Gasteiger partial charge in [0.05, 0.1) is 26.0 Å². The van der Waals surface area contributed by atoms with Crippen LogP contribution in [0.15, 0.2) is 53.7 Å². The largest absolute Gasteiger partial charge is 0.495 e. The maximum atomic E-state index is 13.1. The van der Waals surface area contributed by atoms with E-state index in [9.17, 15) is 13.2 Å². The van der Waals surface area contributed by atoms with Gasteiger partial charge in [-0.3, -0.25) is 4.79 Å². The summed E-state index contributed by atoms with van der Waals surface area (Å²) < 4.78 is 45.0. The molecule has 1 saturated heterocycles. The number of nitrogens with zero attached hydrogens (tertiary/aromatic N) is 5. The van der Waals surface area contributed by atoms with E-state index in [1.807, 2.05) is 0 Å². The third-order valence-electron chi connectivity index (χ3n) is 4.84. The van der Waals surface area contributed by atoms with Gasteiger partial charge in [-0.1, -0.05) is 6.07 Å². The predicted molar refractivity (Wildman–Crippen MR) is 116 cm³/mol. The zero-order chi connectivity index (χ0) is 23.3. The van der Waals surface area contributed by atoms with E-state index in [1.165, 1.54) is 34.6 Å². The summed E-state index contributed by atoms with van der Waals surface area (Å²) in [5, 5.41) is 13.6. The summed E-state index contributed by atoms with van der Waals surface area (Å²) in [7, 11) is -2.43. The number of nitrogens with one attached hydrogen (secondary N) is 1. The first kappa shape index (κ1) is 22.6. The molecule has 2 aromatic carbocycles. The quantitative estimate of drug-likeness (QED) is 0.500. The first-order valence-electron chi connectivity index (χ1n) is 9.99. The van der Waals surface area contributed by atoms with E-state index in [4.69, 9.17) is 14.2 Å². The van der Waals surface area contributed by atoms with Crippen LogP contribution in [0, 0.1) is 0 Å². The molecular weight excluding hydrogens is 452 g/mol. The molecule has 1 fully saturated rings. The Morgan fingerprint density at radius 3 is 2.73 bits per heavy atom. The van der Waals surface area contributed by atoms with Crippen molar-refractivity contribution in [3.63, 3.8) is 0 Å². The number of tetrazole rings is 1. The van der Waals surface area contributed by atoms with Crippen molar-refractivity contribution in [1.82, 2.24) is 24.5 Å². The highest BCUT2D eigenvalue weighted by Crippen LogP contribution is 2.30. The smallest absolute Gasteiger partial charge is 0.262 e. The molecule has 0 spiro atoms. The van der Waals surface area contributed by atoms with E-state index in [0.717, 1.165) is 0 Å². The third kappa shape index (κ3) is 5.27. The lowest BCUT2D eigenvalue weighted by molar-refractivity contribution is -0.118. The van der Waals surface area contributed by atoms with E-state index in [1.54, 1.807) is 30.3 Å². The number of sulfonamides is 1. The fourth-order valence-corrected chi connectivity index (χ4v) is 4.81. The second kappa shape index (κ2) is 9.94. The molecule has 0 radical (unpaired) electrons. The van der Waals surface area contributed by atoms with Crippen LogP contribution < -0.4 is 14.8 Å². The first-order chi connectivity index (χ1) is 16.0. The molecule has 12 nitrogen and oxygen atoms in total. The fraction of sp³-hybridized carbons (Fsp3) is 0.300. The summed E-state index contributed by atoms with van der Waals surface area (Å²) in [4.78, 5) is 12.4. The summed E-state index contributed by atoms with van der Waals surface area (Å²) in [6.07, 6.45) is 1.44. The van der Waals surface area contributed by atoms with Gasteiger partial charge >= 0.3 is 0 Å². The number of hydrogen-bond donors (Lipinski definition) is 1. The molecule has 33 heavy (non-hydrogen) atoms. The topological polar surface area (TPSA) is 138 Å². The maximum absolute atomic E-state index is 13.1. The van der Waals surface area contributed by atoms with Gasteiger partial charge in [0.2, 0.25) is 10.0 Å². The minimum absolute atomic E-state index is 0.0280. The SMILES string of the molecule is COc1ccc(NC(=O)COc2cccc(-n3cnnn3)c2)cc1S(=O)(=O)N1CCOCC1. The number of morpholine rings is 1. The molecule has 1 amide bonds. The first-order valence-corrected chi connectivity index (χ1v) is 11.4. The van der Waals surface area contributed by atoms with Crippen LogP contribution in [0.4, 0.5) is 5.69 Å². The van der Waals surface area contributed by atoms with Gasteiger partial charge in [-0.15, -0.1) is 5.10 Å². The van der Waals surface area contributed by atoms with Crippen LogP contribution in [0.2, 0.25) is 0 Å². The number of anilines is 1. The molecule has 0 aliphatic carbocycles. The lowest BCUT2D eigenvalue weighted by atomic mass is 10.3. The summed E-state index contributed by atoms with van der Waals surface area (Å²) in [6, 6.07) is 11.4. The Kier molecular flexibility index (Phi) is 6.82. The Labute approximate surface area is 190 Å². The monoisotopic (exact) mass is 474 g/mol. The van der Waals surface area contributed by atoms with Crippen LogP contribution in [0.25, 0.3) is 5.69 Å². The normalized spacial score (nSPS) is 14.6. The maximum Gasteiger partial charge on any atom is 0.262 e. The molecule has 0 saturated carbocycles. The number of methoxy groups -OCH3 is 1. The molecular formula is C20H22N6O6S. The van der Waals surface area contributed by atoms with Crippen molar-refractivity contribution in [2.24, 2.45) is 0 Å². The number of aromatic nitrogens is 4. The minimum atomic E-state index is -3.82. The molecule has 1 aromatic heterocycles.